The Morgan fingerprint density at radius 1 is 1.24 bits per heavy atom. The Morgan fingerprint density at radius 2 is 1.81 bits per heavy atom. The van der Waals surface area contributed by atoms with Gasteiger partial charge in [0.1, 0.15) is 6.04 Å². The topological polar surface area (TPSA) is 101 Å². The normalized spacial score (nSPS) is 13.0. The summed E-state index contributed by atoms with van der Waals surface area (Å²) in [5, 5.41) is 11.4. The molecule has 0 saturated carbocycles. The minimum Gasteiger partial charge on any atom is -0.480 e. The maximum atomic E-state index is 12.2. The van der Waals surface area contributed by atoms with Crippen molar-refractivity contribution in [2.75, 3.05) is 5.75 Å². The van der Waals surface area contributed by atoms with Gasteiger partial charge >= 0.3 is 5.97 Å². The number of aliphatic carboxylic acids is 1. The lowest BCUT2D eigenvalue weighted by Gasteiger charge is -2.18. The Labute approximate surface area is 124 Å². The SMILES string of the molecule is CCS(=O)(=O)c1ccccc1C(=O)N[C@H](C(=O)O)C(C)C. The summed E-state index contributed by atoms with van der Waals surface area (Å²) in [6.07, 6.45) is 0. The monoisotopic (exact) mass is 313 g/mol. The highest BCUT2D eigenvalue weighted by Gasteiger charge is 2.27. The van der Waals surface area contributed by atoms with Gasteiger partial charge in [0.05, 0.1) is 16.2 Å². The number of rotatable bonds is 6. The maximum absolute atomic E-state index is 12.2. The molecule has 1 aromatic rings. The molecule has 0 aliphatic rings. The molecule has 1 aromatic carbocycles. The molecule has 6 nitrogen and oxygen atoms in total. The Balaban J connectivity index is 3.18. The van der Waals surface area contributed by atoms with Crippen LogP contribution in [0.4, 0.5) is 0 Å². The summed E-state index contributed by atoms with van der Waals surface area (Å²) in [7, 11) is -3.56. The van der Waals surface area contributed by atoms with Gasteiger partial charge in [0.25, 0.3) is 5.91 Å². The molecule has 0 heterocycles. The molecule has 0 fully saturated rings. The number of carboxylic acid groups (broad SMARTS) is 1. The third-order valence-electron chi connectivity index (χ3n) is 3.07. The summed E-state index contributed by atoms with van der Waals surface area (Å²) in [5.74, 6) is -2.32. The molecule has 1 rings (SSSR count). The number of carbonyl (C=O) groups excluding carboxylic acids is 1. The quantitative estimate of drug-likeness (QED) is 0.825. The fourth-order valence-corrected chi connectivity index (χ4v) is 2.91. The van der Waals surface area contributed by atoms with E-state index in [0.717, 1.165) is 0 Å². The van der Waals surface area contributed by atoms with Gasteiger partial charge in [-0.25, -0.2) is 13.2 Å². The van der Waals surface area contributed by atoms with Crippen LogP contribution in [0.5, 0.6) is 0 Å². The van der Waals surface area contributed by atoms with Gasteiger partial charge in [-0.15, -0.1) is 0 Å². The van der Waals surface area contributed by atoms with Gasteiger partial charge in [-0.05, 0) is 18.1 Å². The average Bonchev–Trinajstić information content (AvgIpc) is 2.43. The number of sulfone groups is 1. The van der Waals surface area contributed by atoms with Crippen LogP contribution in [0.1, 0.15) is 31.1 Å². The summed E-state index contributed by atoms with van der Waals surface area (Å²) >= 11 is 0. The first kappa shape index (κ1) is 17.2. The zero-order chi connectivity index (χ0) is 16.2. The lowest BCUT2D eigenvalue weighted by Crippen LogP contribution is -2.44. The number of carboxylic acids is 1. The van der Waals surface area contributed by atoms with E-state index in [4.69, 9.17) is 5.11 Å². The minimum absolute atomic E-state index is 0.0359. The van der Waals surface area contributed by atoms with Crippen LogP contribution in [0, 0.1) is 5.92 Å². The van der Waals surface area contributed by atoms with Crippen molar-refractivity contribution in [1.29, 1.82) is 0 Å². The van der Waals surface area contributed by atoms with E-state index in [9.17, 15) is 18.0 Å². The fraction of sp³-hybridized carbons (Fsp3) is 0.429. The zero-order valence-electron chi connectivity index (χ0n) is 12.2. The van der Waals surface area contributed by atoms with Gasteiger partial charge in [0.2, 0.25) is 0 Å². The molecule has 0 unspecified atom stereocenters. The molecule has 0 aromatic heterocycles. The van der Waals surface area contributed by atoms with E-state index in [0.29, 0.717) is 0 Å². The highest BCUT2D eigenvalue weighted by atomic mass is 32.2. The highest BCUT2D eigenvalue weighted by molar-refractivity contribution is 7.91. The second-order valence-electron chi connectivity index (χ2n) is 4.93. The molecular weight excluding hydrogens is 294 g/mol. The molecule has 1 amide bonds. The number of hydrogen-bond acceptors (Lipinski definition) is 4. The lowest BCUT2D eigenvalue weighted by atomic mass is 10.0. The van der Waals surface area contributed by atoms with Gasteiger partial charge in [-0.1, -0.05) is 32.9 Å². The Morgan fingerprint density at radius 3 is 2.29 bits per heavy atom. The number of nitrogens with one attached hydrogen (secondary N) is 1. The minimum atomic E-state index is -3.56. The fourth-order valence-electron chi connectivity index (χ4n) is 1.81. The van der Waals surface area contributed by atoms with Crippen LogP contribution >= 0.6 is 0 Å². The molecule has 0 aliphatic heterocycles. The van der Waals surface area contributed by atoms with E-state index in [-0.39, 0.29) is 22.1 Å². The van der Waals surface area contributed by atoms with Crippen LogP contribution in [0.15, 0.2) is 29.2 Å². The first-order valence-corrected chi connectivity index (χ1v) is 8.21. The Kier molecular flexibility index (Phi) is 5.48. The van der Waals surface area contributed by atoms with Crippen LogP contribution in [0.3, 0.4) is 0 Å². The number of carbonyl (C=O) groups is 2. The van der Waals surface area contributed by atoms with E-state index in [1.165, 1.54) is 31.2 Å². The van der Waals surface area contributed by atoms with E-state index in [1.54, 1.807) is 13.8 Å². The number of hydrogen-bond donors (Lipinski definition) is 2. The zero-order valence-corrected chi connectivity index (χ0v) is 13.0. The van der Waals surface area contributed by atoms with E-state index >= 15 is 0 Å². The molecule has 2 N–H and O–H groups in total. The van der Waals surface area contributed by atoms with Crippen molar-refractivity contribution in [3.63, 3.8) is 0 Å². The van der Waals surface area contributed by atoms with Crippen molar-refractivity contribution in [2.45, 2.75) is 31.7 Å². The molecule has 0 spiro atoms. The third kappa shape index (κ3) is 4.04. The second kappa shape index (κ2) is 6.71. The molecule has 1 atom stereocenters. The maximum Gasteiger partial charge on any atom is 0.326 e. The molecule has 0 saturated heterocycles. The van der Waals surface area contributed by atoms with Gasteiger partial charge in [-0.2, -0.15) is 0 Å². The summed E-state index contributed by atoms with van der Waals surface area (Å²) < 4.78 is 24.0. The van der Waals surface area contributed by atoms with Gasteiger partial charge < -0.3 is 10.4 Å². The summed E-state index contributed by atoms with van der Waals surface area (Å²) in [6, 6.07) is 4.70. The molecule has 21 heavy (non-hydrogen) atoms. The van der Waals surface area contributed by atoms with Gasteiger partial charge in [0.15, 0.2) is 9.84 Å². The van der Waals surface area contributed by atoms with E-state index < -0.39 is 27.8 Å². The van der Waals surface area contributed by atoms with Crippen molar-refractivity contribution in [3.8, 4) is 0 Å². The molecule has 7 heteroatoms. The first-order chi connectivity index (χ1) is 9.70. The highest BCUT2D eigenvalue weighted by Crippen LogP contribution is 2.17. The lowest BCUT2D eigenvalue weighted by molar-refractivity contribution is -0.140. The molecular formula is C14H19NO5S. The standard InChI is InChI=1S/C14H19NO5S/c1-4-21(19,20)11-8-6-5-7-10(11)13(16)15-12(9(2)3)14(17)18/h5-9,12H,4H2,1-3H3,(H,15,16)(H,17,18)/t12-/m0/s1. The first-order valence-electron chi connectivity index (χ1n) is 6.56. The van der Waals surface area contributed by atoms with Crippen molar-refractivity contribution < 1.29 is 23.1 Å². The van der Waals surface area contributed by atoms with Crippen molar-refractivity contribution in [1.82, 2.24) is 5.32 Å². The second-order valence-corrected chi connectivity index (χ2v) is 7.18. The number of benzene rings is 1. The third-order valence-corrected chi connectivity index (χ3v) is 4.85. The van der Waals surface area contributed by atoms with E-state index in [2.05, 4.69) is 5.32 Å². The van der Waals surface area contributed by atoms with E-state index in [1.807, 2.05) is 0 Å². The van der Waals surface area contributed by atoms with Crippen molar-refractivity contribution in [2.24, 2.45) is 5.92 Å². The van der Waals surface area contributed by atoms with Crippen LogP contribution in [-0.4, -0.2) is 37.2 Å². The Bertz CT molecular complexity index is 637. The smallest absolute Gasteiger partial charge is 0.326 e. The van der Waals surface area contributed by atoms with Crippen LogP contribution in [0.2, 0.25) is 0 Å². The number of amides is 1. The summed E-state index contributed by atoms with van der Waals surface area (Å²) in [4.78, 5) is 23.2. The van der Waals surface area contributed by atoms with Gasteiger partial charge in [-0.3, -0.25) is 4.79 Å². The summed E-state index contributed by atoms with van der Waals surface area (Å²) in [6.45, 7) is 4.81. The van der Waals surface area contributed by atoms with Crippen LogP contribution < -0.4 is 5.32 Å². The van der Waals surface area contributed by atoms with Crippen LogP contribution in [-0.2, 0) is 14.6 Å². The largest absolute Gasteiger partial charge is 0.480 e. The molecule has 0 radical (unpaired) electrons. The predicted molar refractivity (Wildman–Crippen MR) is 77.9 cm³/mol. The molecule has 0 bridgehead atoms. The average molecular weight is 313 g/mol. The Hall–Kier alpha value is -1.89. The molecule has 0 aliphatic carbocycles. The predicted octanol–water partition coefficient (Wildman–Crippen LogP) is 1.32. The van der Waals surface area contributed by atoms with Crippen LogP contribution in [0.25, 0.3) is 0 Å². The van der Waals surface area contributed by atoms with Crippen molar-refractivity contribution >= 4 is 21.7 Å². The summed E-state index contributed by atoms with van der Waals surface area (Å²) in [5.41, 5.74) is -0.0359. The van der Waals surface area contributed by atoms with Crippen molar-refractivity contribution in [3.05, 3.63) is 29.8 Å². The molecule has 116 valence electrons. The van der Waals surface area contributed by atoms with Gasteiger partial charge in [0, 0.05) is 0 Å².